The molecule has 1 saturated heterocycles. The van der Waals surface area contributed by atoms with Gasteiger partial charge >= 0.3 is 12.1 Å². The van der Waals surface area contributed by atoms with E-state index in [-0.39, 0.29) is 24.4 Å². The highest BCUT2D eigenvalue weighted by molar-refractivity contribution is 5.78. The van der Waals surface area contributed by atoms with Gasteiger partial charge in [-0.2, -0.15) is 13.2 Å². The highest BCUT2D eigenvalue weighted by atomic mass is 19.4. The maximum absolute atomic E-state index is 13.1. The number of alkyl halides is 3. The zero-order valence-corrected chi connectivity index (χ0v) is 13.3. The van der Waals surface area contributed by atoms with Crippen LogP contribution in [0.4, 0.5) is 13.2 Å². The minimum Gasteiger partial charge on any atom is -0.481 e. The third kappa shape index (κ3) is 4.27. The molecule has 0 bridgehead atoms. The Morgan fingerprint density at radius 3 is 2.62 bits per heavy atom. The molecule has 132 valence electrons. The maximum Gasteiger partial charge on any atom is 0.416 e. The van der Waals surface area contributed by atoms with E-state index in [0.29, 0.717) is 19.4 Å². The molecular formula is C17H20F3NO3. The number of aliphatic carboxylic acids is 1. The molecule has 1 N–H and O–H groups in total. The second kappa shape index (κ2) is 7.23. The number of carboxylic acid groups (broad SMARTS) is 1. The van der Waals surface area contributed by atoms with Crippen molar-refractivity contribution in [1.82, 2.24) is 4.90 Å². The molecule has 0 spiro atoms. The molecule has 24 heavy (non-hydrogen) atoms. The Balaban J connectivity index is 2.08. The van der Waals surface area contributed by atoms with E-state index in [1.165, 1.54) is 23.1 Å². The minimum atomic E-state index is -4.46. The Hall–Kier alpha value is -2.05. The fraction of sp³-hybridized carbons (Fsp3) is 0.529. The summed E-state index contributed by atoms with van der Waals surface area (Å²) in [6.07, 6.45) is -3.42. The number of amides is 1. The van der Waals surface area contributed by atoms with E-state index in [1.54, 1.807) is 6.92 Å². The Bertz CT molecular complexity index is 615. The normalized spacial score (nSPS) is 19.8. The van der Waals surface area contributed by atoms with Crippen LogP contribution in [0.15, 0.2) is 24.3 Å². The summed E-state index contributed by atoms with van der Waals surface area (Å²) in [6, 6.07) is 5.24. The first-order valence-electron chi connectivity index (χ1n) is 7.87. The third-order valence-electron chi connectivity index (χ3n) is 4.40. The lowest BCUT2D eigenvalue weighted by atomic mass is 9.91. The quantitative estimate of drug-likeness (QED) is 0.910. The van der Waals surface area contributed by atoms with Crippen LogP contribution in [0, 0.1) is 5.92 Å². The molecule has 0 aromatic heterocycles. The van der Waals surface area contributed by atoms with Gasteiger partial charge in [0.15, 0.2) is 0 Å². The van der Waals surface area contributed by atoms with Crippen molar-refractivity contribution < 1.29 is 27.9 Å². The zero-order valence-electron chi connectivity index (χ0n) is 13.3. The molecule has 2 rings (SSSR count). The molecular weight excluding hydrogens is 323 g/mol. The molecule has 1 amide bonds. The number of carbonyl (C=O) groups excluding carboxylic acids is 1. The molecule has 4 nitrogen and oxygen atoms in total. The van der Waals surface area contributed by atoms with E-state index in [4.69, 9.17) is 5.11 Å². The van der Waals surface area contributed by atoms with E-state index >= 15 is 0 Å². The van der Waals surface area contributed by atoms with Gasteiger partial charge in [0.1, 0.15) is 0 Å². The molecule has 0 unspecified atom stereocenters. The minimum absolute atomic E-state index is 0.0700. The lowest BCUT2D eigenvalue weighted by molar-refractivity contribution is -0.146. The second-order valence-corrected chi connectivity index (χ2v) is 6.21. The van der Waals surface area contributed by atoms with Gasteiger partial charge < -0.3 is 10.0 Å². The van der Waals surface area contributed by atoms with Gasteiger partial charge in [0.05, 0.1) is 11.5 Å². The van der Waals surface area contributed by atoms with E-state index in [2.05, 4.69) is 0 Å². The molecule has 1 aromatic carbocycles. The van der Waals surface area contributed by atoms with Crippen molar-refractivity contribution in [3.63, 3.8) is 0 Å². The lowest BCUT2D eigenvalue weighted by Gasteiger charge is -2.31. The number of carboxylic acids is 1. The fourth-order valence-corrected chi connectivity index (χ4v) is 3.09. The smallest absolute Gasteiger partial charge is 0.416 e. The summed E-state index contributed by atoms with van der Waals surface area (Å²) >= 11 is 0. The number of benzene rings is 1. The largest absolute Gasteiger partial charge is 0.481 e. The van der Waals surface area contributed by atoms with Crippen molar-refractivity contribution in [2.75, 3.05) is 13.1 Å². The summed E-state index contributed by atoms with van der Waals surface area (Å²) in [5.74, 6) is -2.44. The van der Waals surface area contributed by atoms with Crippen LogP contribution in [0.5, 0.6) is 0 Å². The summed E-state index contributed by atoms with van der Waals surface area (Å²) in [5, 5.41) is 9.06. The van der Waals surface area contributed by atoms with Gasteiger partial charge in [-0.05, 0) is 30.4 Å². The van der Waals surface area contributed by atoms with E-state index < -0.39 is 29.5 Å². The summed E-state index contributed by atoms with van der Waals surface area (Å²) < 4.78 is 39.2. The predicted octanol–water partition coefficient (Wildman–Crippen LogP) is 3.52. The van der Waals surface area contributed by atoms with Gasteiger partial charge in [-0.25, -0.2) is 0 Å². The number of carbonyl (C=O) groups is 2. The first-order chi connectivity index (χ1) is 11.2. The van der Waals surface area contributed by atoms with Crippen molar-refractivity contribution in [1.29, 1.82) is 0 Å². The maximum atomic E-state index is 13.1. The summed E-state index contributed by atoms with van der Waals surface area (Å²) in [7, 11) is 0. The number of halogens is 3. The highest BCUT2D eigenvalue weighted by Crippen LogP contribution is 2.36. The first-order valence-corrected chi connectivity index (χ1v) is 7.87. The average molecular weight is 343 g/mol. The molecule has 1 heterocycles. The van der Waals surface area contributed by atoms with Crippen LogP contribution < -0.4 is 0 Å². The van der Waals surface area contributed by atoms with Crippen LogP contribution in [-0.2, 0) is 15.8 Å². The van der Waals surface area contributed by atoms with E-state index in [0.717, 1.165) is 6.07 Å². The number of nitrogens with zero attached hydrogens (tertiary/aromatic N) is 1. The number of rotatable bonds is 4. The highest BCUT2D eigenvalue weighted by Gasteiger charge is 2.35. The van der Waals surface area contributed by atoms with Gasteiger partial charge in [0, 0.05) is 19.5 Å². The first kappa shape index (κ1) is 18.3. The molecule has 2 atom stereocenters. The molecule has 1 aliphatic heterocycles. The van der Waals surface area contributed by atoms with Crippen molar-refractivity contribution >= 4 is 11.9 Å². The molecule has 1 aliphatic rings. The van der Waals surface area contributed by atoms with Crippen molar-refractivity contribution in [3.8, 4) is 0 Å². The Labute approximate surface area is 138 Å². The van der Waals surface area contributed by atoms with Crippen LogP contribution >= 0.6 is 0 Å². The van der Waals surface area contributed by atoms with Gasteiger partial charge in [0.25, 0.3) is 0 Å². The van der Waals surface area contributed by atoms with Gasteiger partial charge in [-0.3, -0.25) is 9.59 Å². The molecule has 7 heteroatoms. The van der Waals surface area contributed by atoms with Crippen LogP contribution in [0.1, 0.15) is 43.2 Å². The number of likely N-dealkylation sites (tertiary alicyclic amines) is 1. The topological polar surface area (TPSA) is 57.6 Å². The lowest BCUT2D eigenvalue weighted by Crippen LogP contribution is -2.42. The predicted molar refractivity (Wildman–Crippen MR) is 81.4 cm³/mol. The zero-order chi connectivity index (χ0) is 17.9. The monoisotopic (exact) mass is 343 g/mol. The molecule has 1 aromatic rings. The van der Waals surface area contributed by atoms with Gasteiger partial charge in [0.2, 0.25) is 5.91 Å². The number of piperidine rings is 1. The summed E-state index contributed by atoms with van der Waals surface area (Å²) in [6.45, 7) is 2.17. The second-order valence-electron chi connectivity index (χ2n) is 6.21. The molecule has 1 fully saturated rings. The standard InChI is InChI=1S/C17H20F3NO3/c1-11(13-6-2-3-7-14(13)17(18,19)20)9-15(22)21-8-4-5-12(10-21)16(23)24/h2-3,6-7,11-12H,4-5,8-10H2,1H3,(H,23,24)/t11-,12-/m1/s1. The van der Waals surface area contributed by atoms with Crippen molar-refractivity contribution in [3.05, 3.63) is 35.4 Å². The molecule has 0 saturated carbocycles. The number of hydrogen-bond donors (Lipinski definition) is 1. The van der Waals surface area contributed by atoms with Crippen LogP contribution in [0.2, 0.25) is 0 Å². The Kier molecular flexibility index (Phi) is 5.51. The molecule has 0 radical (unpaired) electrons. The van der Waals surface area contributed by atoms with Crippen LogP contribution in [0.25, 0.3) is 0 Å². The van der Waals surface area contributed by atoms with Gasteiger partial charge in [-0.15, -0.1) is 0 Å². The van der Waals surface area contributed by atoms with Crippen LogP contribution in [-0.4, -0.2) is 35.0 Å². The Morgan fingerprint density at radius 1 is 1.33 bits per heavy atom. The van der Waals surface area contributed by atoms with E-state index in [1.807, 2.05) is 0 Å². The van der Waals surface area contributed by atoms with E-state index in [9.17, 15) is 22.8 Å². The van der Waals surface area contributed by atoms with Gasteiger partial charge in [-0.1, -0.05) is 25.1 Å². The Morgan fingerprint density at radius 2 is 2.00 bits per heavy atom. The van der Waals surface area contributed by atoms with Crippen molar-refractivity contribution in [2.45, 2.75) is 38.3 Å². The summed E-state index contributed by atoms with van der Waals surface area (Å²) in [5.41, 5.74) is -0.641. The SMILES string of the molecule is C[C@H](CC(=O)N1CCC[C@@H](C(=O)O)C1)c1ccccc1C(F)(F)F. The third-order valence-corrected chi connectivity index (χ3v) is 4.40. The van der Waals surface area contributed by atoms with Crippen molar-refractivity contribution in [2.24, 2.45) is 5.92 Å². The summed E-state index contributed by atoms with van der Waals surface area (Å²) in [4.78, 5) is 24.9. The fourth-order valence-electron chi connectivity index (χ4n) is 3.09. The van der Waals surface area contributed by atoms with Crippen LogP contribution in [0.3, 0.4) is 0 Å². The average Bonchev–Trinajstić information content (AvgIpc) is 2.54. The molecule has 0 aliphatic carbocycles. The number of hydrogen-bond acceptors (Lipinski definition) is 2.